The Labute approximate surface area is 206 Å². The van der Waals surface area contributed by atoms with Gasteiger partial charge in [0.15, 0.2) is 0 Å². The third-order valence-electron chi connectivity index (χ3n) is 6.28. The van der Waals surface area contributed by atoms with Gasteiger partial charge in [-0.1, -0.05) is 17.7 Å². The maximum Gasteiger partial charge on any atom is 0.271 e. The summed E-state index contributed by atoms with van der Waals surface area (Å²) in [6, 6.07) is 9.56. The molecule has 2 N–H and O–H groups in total. The lowest BCUT2D eigenvalue weighted by atomic mass is 9.95. The smallest absolute Gasteiger partial charge is 0.271 e. The van der Waals surface area contributed by atoms with Crippen molar-refractivity contribution in [3.8, 4) is 16.9 Å². The summed E-state index contributed by atoms with van der Waals surface area (Å²) >= 11 is 6.20. The van der Waals surface area contributed by atoms with Crippen LogP contribution in [0, 0.1) is 0 Å². The van der Waals surface area contributed by atoms with E-state index in [9.17, 15) is 14.4 Å². The summed E-state index contributed by atoms with van der Waals surface area (Å²) in [6.07, 6.45) is 5.13. The van der Waals surface area contributed by atoms with Crippen LogP contribution in [0.5, 0.6) is 5.75 Å². The van der Waals surface area contributed by atoms with Gasteiger partial charge < -0.3 is 20.3 Å². The number of carbonyl (C=O) groups excluding carboxylic acids is 3. The number of ether oxygens (including phenoxy) is 1. The first-order chi connectivity index (χ1) is 16.9. The van der Waals surface area contributed by atoms with Crippen LogP contribution in [0.15, 0.2) is 55.0 Å². The van der Waals surface area contributed by atoms with Crippen LogP contribution in [-0.2, 0) is 4.79 Å². The van der Waals surface area contributed by atoms with E-state index in [1.807, 2.05) is 6.07 Å². The number of methoxy groups -OCH3 is 1. The predicted molar refractivity (Wildman–Crippen MR) is 129 cm³/mol. The molecule has 178 valence electrons. The van der Waals surface area contributed by atoms with Crippen LogP contribution in [0.25, 0.3) is 11.1 Å². The number of benzene rings is 2. The van der Waals surface area contributed by atoms with Crippen molar-refractivity contribution >= 4 is 35.0 Å². The van der Waals surface area contributed by atoms with Crippen molar-refractivity contribution < 1.29 is 19.1 Å². The fourth-order valence-corrected chi connectivity index (χ4v) is 4.71. The molecule has 2 aliphatic heterocycles. The van der Waals surface area contributed by atoms with Crippen molar-refractivity contribution in [2.75, 3.05) is 19.0 Å². The molecule has 0 saturated carbocycles. The normalized spacial score (nSPS) is 19.2. The third kappa shape index (κ3) is 4.42. The zero-order valence-electron chi connectivity index (χ0n) is 18.8. The largest absolute Gasteiger partial charge is 0.496 e. The Morgan fingerprint density at radius 2 is 2.03 bits per heavy atom. The molecular weight excluding hydrogens is 470 g/mol. The van der Waals surface area contributed by atoms with Gasteiger partial charge in [0.2, 0.25) is 5.91 Å². The van der Waals surface area contributed by atoms with Crippen molar-refractivity contribution in [1.29, 1.82) is 0 Å². The van der Waals surface area contributed by atoms with Crippen LogP contribution in [0.1, 0.15) is 33.7 Å². The van der Waals surface area contributed by atoms with Gasteiger partial charge in [-0.2, -0.15) is 0 Å². The van der Waals surface area contributed by atoms with Crippen molar-refractivity contribution in [1.82, 2.24) is 20.2 Å². The van der Waals surface area contributed by atoms with Crippen LogP contribution in [0.3, 0.4) is 0 Å². The predicted octanol–water partition coefficient (Wildman–Crippen LogP) is 3.16. The second kappa shape index (κ2) is 9.34. The van der Waals surface area contributed by atoms with Gasteiger partial charge in [-0.3, -0.25) is 19.4 Å². The highest BCUT2D eigenvalue weighted by Gasteiger charge is 2.40. The summed E-state index contributed by atoms with van der Waals surface area (Å²) < 4.78 is 5.46. The highest BCUT2D eigenvalue weighted by Crippen LogP contribution is 2.36. The van der Waals surface area contributed by atoms with Gasteiger partial charge in [0.25, 0.3) is 11.8 Å². The lowest BCUT2D eigenvalue weighted by Crippen LogP contribution is -2.55. The molecule has 2 atom stereocenters. The first-order valence-corrected chi connectivity index (χ1v) is 11.5. The molecule has 0 bridgehead atoms. The topological polar surface area (TPSA) is 114 Å². The monoisotopic (exact) mass is 491 g/mol. The number of carbonyl (C=O) groups is 3. The highest BCUT2D eigenvalue weighted by molar-refractivity contribution is 6.31. The van der Waals surface area contributed by atoms with E-state index in [0.717, 1.165) is 11.1 Å². The lowest BCUT2D eigenvalue weighted by Gasteiger charge is -2.37. The molecule has 0 unspecified atom stereocenters. The van der Waals surface area contributed by atoms with E-state index in [2.05, 4.69) is 20.6 Å². The second-order valence-corrected chi connectivity index (χ2v) is 8.83. The quantitative estimate of drug-likeness (QED) is 0.579. The number of fused-ring (bicyclic) bond motifs is 2. The molecule has 3 aromatic rings. The Hall–Kier alpha value is -3.98. The number of rotatable bonds is 4. The molecule has 1 aromatic heterocycles. The van der Waals surface area contributed by atoms with Gasteiger partial charge in [0.05, 0.1) is 24.6 Å². The van der Waals surface area contributed by atoms with Crippen molar-refractivity contribution in [3.63, 3.8) is 0 Å². The average Bonchev–Trinajstić information content (AvgIpc) is 2.98. The van der Waals surface area contributed by atoms with Gasteiger partial charge in [0, 0.05) is 35.6 Å². The van der Waals surface area contributed by atoms with Gasteiger partial charge >= 0.3 is 0 Å². The number of piperidine rings is 1. The number of nitrogens with zero attached hydrogens (tertiary/aromatic N) is 3. The molecule has 1 fully saturated rings. The van der Waals surface area contributed by atoms with Crippen LogP contribution in [-0.4, -0.2) is 58.3 Å². The minimum absolute atomic E-state index is 0.202. The molecule has 0 aliphatic carbocycles. The lowest BCUT2D eigenvalue weighted by molar-refractivity contribution is -0.121. The van der Waals surface area contributed by atoms with E-state index in [0.29, 0.717) is 41.4 Å². The maximum absolute atomic E-state index is 13.5. The zero-order chi connectivity index (χ0) is 24.5. The highest BCUT2D eigenvalue weighted by atomic mass is 35.5. The van der Waals surface area contributed by atoms with Gasteiger partial charge in [-0.15, -0.1) is 0 Å². The van der Waals surface area contributed by atoms with E-state index in [4.69, 9.17) is 16.3 Å². The molecule has 0 radical (unpaired) electrons. The summed E-state index contributed by atoms with van der Waals surface area (Å²) in [5.74, 6) is -0.272. The summed E-state index contributed by atoms with van der Waals surface area (Å²) in [6.45, 7) is 0.326. The number of halogens is 1. The van der Waals surface area contributed by atoms with E-state index >= 15 is 0 Å². The number of hydrogen-bond donors (Lipinski definition) is 2. The summed E-state index contributed by atoms with van der Waals surface area (Å²) in [7, 11) is 1.57. The second-order valence-electron chi connectivity index (χ2n) is 8.39. The average molecular weight is 492 g/mol. The number of hydrogen-bond acceptors (Lipinski definition) is 6. The first kappa shape index (κ1) is 22.8. The summed E-state index contributed by atoms with van der Waals surface area (Å²) in [4.78, 5) is 48.6. The number of anilines is 1. The Balaban J connectivity index is 1.40. The molecule has 3 heterocycles. The molecule has 9 nitrogen and oxygen atoms in total. The molecular formula is C25H22ClN5O4. The number of aromatic nitrogens is 2. The Morgan fingerprint density at radius 1 is 1.17 bits per heavy atom. The molecule has 2 aromatic carbocycles. The first-order valence-electron chi connectivity index (χ1n) is 11.1. The SMILES string of the molecule is COc1ccc(Cl)cc1-c1ccc2c(c1)C(=O)N1CC[C@H](NC(=O)c3cnccn3)C[C@H]1C(=O)N2. The van der Waals surface area contributed by atoms with Gasteiger partial charge in [-0.05, 0) is 48.7 Å². The number of nitrogens with one attached hydrogen (secondary N) is 2. The van der Waals surface area contributed by atoms with Crippen molar-refractivity contribution in [2.45, 2.75) is 24.9 Å². The van der Waals surface area contributed by atoms with Gasteiger partial charge in [0.1, 0.15) is 17.5 Å². The van der Waals surface area contributed by atoms with E-state index in [-0.39, 0.29) is 29.5 Å². The van der Waals surface area contributed by atoms with Crippen LogP contribution in [0.4, 0.5) is 5.69 Å². The molecule has 1 saturated heterocycles. The summed E-state index contributed by atoms with van der Waals surface area (Å²) in [5.41, 5.74) is 2.53. The Bertz CT molecular complexity index is 1320. The zero-order valence-corrected chi connectivity index (χ0v) is 19.6. The van der Waals surface area contributed by atoms with E-state index in [1.54, 1.807) is 42.3 Å². The van der Waals surface area contributed by atoms with Crippen LogP contribution >= 0.6 is 11.6 Å². The van der Waals surface area contributed by atoms with Crippen molar-refractivity contribution in [3.05, 3.63) is 71.3 Å². The minimum atomic E-state index is -0.708. The molecule has 35 heavy (non-hydrogen) atoms. The van der Waals surface area contributed by atoms with Crippen molar-refractivity contribution in [2.24, 2.45) is 0 Å². The Morgan fingerprint density at radius 3 is 2.80 bits per heavy atom. The van der Waals surface area contributed by atoms with Crippen LogP contribution in [0.2, 0.25) is 5.02 Å². The fraction of sp³-hybridized carbons (Fsp3) is 0.240. The van der Waals surface area contributed by atoms with Crippen LogP contribution < -0.4 is 15.4 Å². The molecule has 3 amide bonds. The van der Waals surface area contributed by atoms with E-state index < -0.39 is 6.04 Å². The molecule has 2 aliphatic rings. The molecule has 0 spiro atoms. The number of amides is 3. The van der Waals surface area contributed by atoms with Gasteiger partial charge in [-0.25, -0.2) is 4.98 Å². The van der Waals surface area contributed by atoms with E-state index in [1.165, 1.54) is 18.6 Å². The molecule has 10 heteroatoms. The Kier molecular flexibility index (Phi) is 6.08. The maximum atomic E-state index is 13.5. The summed E-state index contributed by atoms with van der Waals surface area (Å²) in [5, 5.41) is 6.33. The third-order valence-corrected chi connectivity index (χ3v) is 6.51. The fourth-order valence-electron chi connectivity index (χ4n) is 4.54. The standard InChI is InChI=1S/C25H22ClN5O4/c1-35-22-5-3-15(26)11-17(22)14-2-4-19-18(10-14)25(34)31-9-6-16(12-21(31)24(33)30-19)29-23(32)20-13-27-7-8-28-20/h2-5,7-8,10-11,13,16,21H,6,9,12H2,1H3,(H,29,32)(H,30,33)/t16-,21-/m0/s1. The minimum Gasteiger partial charge on any atom is -0.496 e. The molecule has 5 rings (SSSR count).